The monoisotopic (exact) mass is 639 g/mol. The van der Waals surface area contributed by atoms with E-state index in [1.54, 1.807) is 62.9 Å². The van der Waals surface area contributed by atoms with Crippen molar-refractivity contribution in [2.45, 2.75) is 0 Å². The van der Waals surface area contributed by atoms with Crippen molar-refractivity contribution in [3.8, 4) is 17.2 Å². The van der Waals surface area contributed by atoms with E-state index in [2.05, 4.69) is 52.0 Å². The number of esters is 1. The van der Waals surface area contributed by atoms with Crippen molar-refractivity contribution in [2.75, 3.05) is 30.3 Å². The highest BCUT2D eigenvalue weighted by Gasteiger charge is 2.11. The Balaban J connectivity index is 1.32. The van der Waals surface area contributed by atoms with E-state index in [1.165, 1.54) is 0 Å². The predicted octanol–water partition coefficient (Wildman–Crippen LogP) is 6.80. The van der Waals surface area contributed by atoms with Gasteiger partial charge in [0.05, 0.1) is 26.0 Å². The molecule has 12 heteroatoms. The van der Waals surface area contributed by atoms with Crippen LogP contribution in [-0.4, -0.2) is 41.4 Å². The number of nitrogens with zero attached hydrogens (tertiary/aromatic N) is 4. The number of carbonyl (C=O) groups is 1. The largest absolute Gasteiger partial charge is 0.497 e. The summed E-state index contributed by atoms with van der Waals surface area (Å²) in [7, 11) is 3.22. The maximum atomic E-state index is 12.5. The molecular formula is C31H26BrN7O4. The van der Waals surface area contributed by atoms with Gasteiger partial charge in [0.1, 0.15) is 17.2 Å². The number of ether oxygens (including phenoxy) is 3. The molecule has 0 fully saturated rings. The molecule has 0 aliphatic carbocycles. The number of anilines is 5. The van der Waals surface area contributed by atoms with Crippen molar-refractivity contribution in [1.82, 2.24) is 15.0 Å². The van der Waals surface area contributed by atoms with Gasteiger partial charge in [0, 0.05) is 21.4 Å². The number of halogens is 1. The Bertz CT molecular complexity index is 1650. The summed E-state index contributed by atoms with van der Waals surface area (Å²) >= 11 is 3.50. The van der Waals surface area contributed by atoms with E-state index in [0.717, 1.165) is 22.9 Å². The van der Waals surface area contributed by atoms with E-state index in [0.29, 0.717) is 21.3 Å². The third-order valence-corrected chi connectivity index (χ3v) is 6.57. The number of hydrogen-bond donors (Lipinski definition) is 3. The number of carbonyl (C=O) groups excluding carboxylic acids is 1. The first-order chi connectivity index (χ1) is 21.0. The Morgan fingerprint density at radius 1 is 0.721 bits per heavy atom. The van der Waals surface area contributed by atoms with Crippen LogP contribution in [0.1, 0.15) is 15.9 Å². The molecule has 0 atom stereocenters. The van der Waals surface area contributed by atoms with Crippen molar-refractivity contribution in [3.05, 3.63) is 113 Å². The summed E-state index contributed by atoms with van der Waals surface area (Å²) in [4.78, 5) is 25.9. The molecular weight excluding hydrogens is 614 g/mol. The highest BCUT2D eigenvalue weighted by atomic mass is 79.9. The molecule has 1 heterocycles. The average Bonchev–Trinajstić information content (AvgIpc) is 3.03. The van der Waals surface area contributed by atoms with Gasteiger partial charge in [0.25, 0.3) is 0 Å². The fourth-order valence-electron chi connectivity index (χ4n) is 3.72. The van der Waals surface area contributed by atoms with E-state index in [-0.39, 0.29) is 17.8 Å². The normalized spacial score (nSPS) is 10.7. The second-order valence-corrected chi connectivity index (χ2v) is 9.68. The maximum Gasteiger partial charge on any atom is 0.343 e. The van der Waals surface area contributed by atoms with Crippen LogP contribution in [0.4, 0.5) is 29.2 Å². The zero-order chi connectivity index (χ0) is 30.0. The smallest absolute Gasteiger partial charge is 0.343 e. The van der Waals surface area contributed by atoms with E-state index < -0.39 is 5.97 Å². The molecule has 3 N–H and O–H groups in total. The Labute approximate surface area is 256 Å². The third kappa shape index (κ3) is 8.05. The SMILES string of the molecule is COc1ccc(Nc2nc(N/N=C/c3ccc(C(=O)Oc4ccccc4)cc3Br)nc(Nc3ccc(OC)cc3)n2)cc1. The van der Waals surface area contributed by atoms with E-state index in [1.807, 2.05) is 54.6 Å². The Morgan fingerprint density at radius 3 is 1.81 bits per heavy atom. The first-order valence-corrected chi connectivity index (χ1v) is 13.7. The summed E-state index contributed by atoms with van der Waals surface area (Å²) in [6, 6.07) is 28.7. The molecule has 1 aromatic heterocycles. The van der Waals surface area contributed by atoms with Crippen molar-refractivity contribution >= 4 is 57.3 Å². The number of rotatable bonds is 11. The third-order valence-electron chi connectivity index (χ3n) is 5.89. The molecule has 0 saturated heterocycles. The van der Waals surface area contributed by atoms with Gasteiger partial charge in [-0.1, -0.05) is 40.2 Å². The molecule has 0 bridgehead atoms. The molecule has 0 spiro atoms. The fraction of sp³-hybridized carbons (Fsp3) is 0.0645. The van der Waals surface area contributed by atoms with Crippen LogP contribution in [-0.2, 0) is 0 Å². The summed E-state index contributed by atoms with van der Waals surface area (Å²) in [6.45, 7) is 0. The minimum atomic E-state index is -0.465. The lowest BCUT2D eigenvalue weighted by atomic mass is 10.1. The van der Waals surface area contributed by atoms with Gasteiger partial charge in [-0.05, 0) is 72.8 Å². The lowest BCUT2D eigenvalue weighted by Crippen LogP contribution is -2.09. The zero-order valence-electron chi connectivity index (χ0n) is 23.1. The number of nitrogens with one attached hydrogen (secondary N) is 3. The van der Waals surface area contributed by atoms with Crippen LogP contribution >= 0.6 is 15.9 Å². The van der Waals surface area contributed by atoms with Crippen LogP contribution in [0.5, 0.6) is 17.2 Å². The van der Waals surface area contributed by atoms with Gasteiger partial charge < -0.3 is 24.8 Å². The van der Waals surface area contributed by atoms with Crippen LogP contribution in [0.15, 0.2) is 107 Å². The van der Waals surface area contributed by atoms with E-state index in [9.17, 15) is 4.79 Å². The molecule has 43 heavy (non-hydrogen) atoms. The summed E-state index contributed by atoms with van der Waals surface area (Å²) in [5.74, 6) is 2.23. The van der Waals surface area contributed by atoms with Gasteiger partial charge in [-0.15, -0.1) is 0 Å². The van der Waals surface area contributed by atoms with Gasteiger partial charge in [-0.3, -0.25) is 0 Å². The van der Waals surface area contributed by atoms with Gasteiger partial charge >= 0.3 is 5.97 Å². The minimum absolute atomic E-state index is 0.192. The summed E-state index contributed by atoms with van der Waals surface area (Å²) < 4.78 is 16.5. The molecule has 0 aliphatic heterocycles. The highest BCUT2D eigenvalue weighted by molar-refractivity contribution is 9.10. The van der Waals surface area contributed by atoms with Gasteiger partial charge in [-0.2, -0.15) is 20.1 Å². The number of methoxy groups -OCH3 is 2. The van der Waals surface area contributed by atoms with E-state index >= 15 is 0 Å². The van der Waals surface area contributed by atoms with Crippen molar-refractivity contribution in [1.29, 1.82) is 0 Å². The number of aromatic nitrogens is 3. The quantitative estimate of drug-likeness (QED) is 0.0613. The Morgan fingerprint density at radius 2 is 1.28 bits per heavy atom. The van der Waals surface area contributed by atoms with Crippen LogP contribution in [0.2, 0.25) is 0 Å². The number of hydrogen-bond acceptors (Lipinski definition) is 11. The Kier molecular flexibility index (Phi) is 9.39. The average molecular weight is 640 g/mol. The zero-order valence-corrected chi connectivity index (χ0v) is 24.7. The molecule has 0 saturated carbocycles. The van der Waals surface area contributed by atoms with Crippen LogP contribution in [0, 0.1) is 0 Å². The van der Waals surface area contributed by atoms with Crippen LogP contribution in [0.25, 0.3) is 0 Å². The standard InChI is InChI=1S/C31H26BrN7O4/c1-41-24-14-10-22(11-15-24)34-29-36-30(35-23-12-16-25(42-2)17-13-23)38-31(37-29)39-33-19-21-9-8-20(18-27(21)32)28(40)43-26-6-4-3-5-7-26/h3-19H,1-2H3,(H3,34,35,36,37,38,39)/b33-19+. The van der Waals surface area contributed by atoms with Gasteiger partial charge in [0.2, 0.25) is 17.8 Å². The molecule has 0 amide bonds. The second-order valence-electron chi connectivity index (χ2n) is 8.82. The van der Waals surface area contributed by atoms with Crippen molar-refractivity contribution < 1.29 is 19.0 Å². The summed E-state index contributed by atoms with van der Waals surface area (Å²) in [6.07, 6.45) is 1.58. The van der Waals surface area contributed by atoms with Crippen molar-refractivity contribution in [2.24, 2.45) is 5.10 Å². The highest BCUT2D eigenvalue weighted by Crippen LogP contribution is 2.23. The van der Waals surface area contributed by atoms with Crippen LogP contribution in [0.3, 0.4) is 0 Å². The maximum absolute atomic E-state index is 12.5. The molecule has 4 aromatic carbocycles. The molecule has 0 unspecified atom stereocenters. The number of para-hydroxylation sites is 1. The van der Waals surface area contributed by atoms with Gasteiger partial charge in [-0.25, -0.2) is 10.2 Å². The van der Waals surface area contributed by atoms with Crippen molar-refractivity contribution in [3.63, 3.8) is 0 Å². The number of benzene rings is 4. The fourth-order valence-corrected chi connectivity index (χ4v) is 4.20. The van der Waals surface area contributed by atoms with E-state index in [4.69, 9.17) is 14.2 Å². The minimum Gasteiger partial charge on any atom is -0.497 e. The topological polar surface area (TPSA) is 132 Å². The number of hydrazone groups is 1. The molecule has 0 radical (unpaired) electrons. The predicted molar refractivity (Wildman–Crippen MR) is 169 cm³/mol. The lowest BCUT2D eigenvalue weighted by molar-refractivity contribution is 0.0734. The van der Waals surface area contributed by atoms with Gasteiger partial charge in [0.15, 0.2) is 0 Å². The summed E-state index contributed by atoms with van der Waals surface area (Å²) in [5, 5.41) is 10.6. The van der Waals surface area contributed by atoms with Crippen LogP contribution < -0.4 is 30.3 Å². The second kappa shape index (κ2) is 13.9. The lowest BCUT2D eigenvalue weighted by Gasteiger charge is -2.11. The molecule has 5 aromatic rings. The first-order valence-electron chi connectivity index (χ1n) is 12.9. The molecule has 11 nitrogen and oxygen atoms in total. The Hall–Kier alpha value is -5.49. The molecule has 5 rings (SSSR count). The molecule has 0 aliphatic rings. The summed E-state index contributed by atoms with van der Waals surface area (Å²) in [5.41, 5.74) is 5.47. The first kappa shape index (κ1) is 29.0. The molecule has 216 valence electrons.